The van der Waals surface area contributed by atoms with Crippen molar-refractivity contribution in [2.24, 2.45) is 5.73 Å². The number of carbonyl (C=O) groups is 1. The number of hydrogen-bond donors (Lipinski definition) is 1. The minimum atomic E-state index is -0.681. The van der Waals surface area contributed by atoms with E-state index in [1.54, 1.807) is 14.0 Å². The summed E-state index contributed by atoms with van der Waals surface area (Å²) in [5.74, 6) is 0.755. The van der Waals surface area contributed by atoms with E-state index in [1.807, 2.05) is 30.3 Å². The molecule has 6 nitrogen and oxygen atoms in total. The Kier molecular flexibility index (Phi) is 3.91. The standard InChI is InChI=1S/C13H16N4O2/c1-9-15-11(16-19-9)8-17(2)13(18)12(14)10-6-4-3-5-7-10/h3-7,12H,8,14H2,1-2H3. The van der Waals surface area contributed by atoms with Crippen LogP contribution in [0.3, 0.4) is 0 Å². The molecule has 0 saturated heterocycles. The van der Waals surface area contributed by atoms with Crippen LogP contribution in [0.15, 0.2) is 34.9 Å². The average molecular weight is 260 g/mol. The molecule has 19 heavy (non-hydrogen) atoms. The first kappa shape index (κ1) is 13.2. The number of benzene rings is 1. The summed E-state index contributed by atoms with van der Waals surface area (Å²) in [5, 5.41) is 3.75. The maximum Gasteiger partial charge on any atom is 0.244 e. The highest BCUT2D eigenvalue weighted by Gasteiger charge is 2.20. The molecule has 1 amide bonds. The highest BCUT2D eigenvalue weighted by atomic mass is 16.5. The average Bonchev–Trinajstić information content (AvgIpc) is 2.83. The number of carbonyl (C=O) groups excluding carboxylic acids is 1. The normalized spacial score (nSPS) is 12.2. The summed E-state index contributed by atoms with van der Waals surface area (Å²) in [4.78, 5) is 17.7. The number of hydrogen-bond acceptors (Lipinski definition) is 5. The van der Waals surface area contributed by atoms with Gasteiger partial charge in [-0.2, -0.15) is 4.98 Å². The molecule has 2 rings (SSSR count). The minimum Gasteiger partial charge on any atom is -0.340 e. The van der Waals surface area contributed by atoms with E-state index < -0.39 is 6.04 Å². The van der Waals surface area contributed by atoms with E-state index >= 15 is 0 Å². The van der Waals surface area contributed by atoms with Crippen LogP contribution in [0.5, 0.6) is 0 Å². The van der Waals surface area contributed by atoms with Crippen LogP contribution in [0.4, 0.5) is 0 Å². The van der Waals surface area contributed by atoms with Crippen LogP contribution < -0.4 is 5.73 Å². The summed E-state index contributed by atoms with van der Waals surface area (Å²) < 4.78 is 4.86. The van der Waals surface area contributed by atoms with Gasteiger partial charge in [0.25, 0.3) is 0 Å². The number of nitrogens with zero attached hydrogens (tertiary/aromatic N) is 3. The number of rotatable bonds is 4. The Morgan fingerprint density at radius 3 is 2.68 bits per heavy atom. The van der Waals surface area contributed by atoms with Crippen LogP contribution in [-0.2, 0) is 11.3 Å². The molecule has 0 aliphatic carbocycles. The SMILES string of the molecule is Cc1nc(CN(C)C(=O)C(N)c2ccccc2)no1. The zero-order chi connectivity index (χ0) is 13.8. The molecule has 1 heterocycles. The summed E-state index contributed by atoms with van der Waals surface area (Å²) in [6.07, 6.45) is 0. The molecule has 0 fully saturated rings. The second-order valence-corrected chi connectivity index (χ2v) is 4.31. The van der Waals surface area contributed by atoms with Crippen LogP contribution in [0.25, 0.3) is 0 Å². The topological polar surface area (TPSA) is 85.2 Å². The Labute approximate surface area is 111 Å². The third kappa shape index (κ3) is 3.17. The fourth-order valence-electron chi connectivity index (χ4n) is 1.74. The Morgan fingerprint density at radius 1 is 1.42 bits per heavy atom. The lowest BCUT2D eigenvalue weighted by atomic mass is 10.1. The second-order valence-electron chi connectivity index (χ2n) is 4.31. The molecule has 1 atom stereocenters. The quantitative estimate of drug-likeness (QED) is 0.887. The van der Waals surface area contributed by atoms with Gasteiger partial charge in [0.05, 0.1) is 6.54 Å². The van der Waals surface area contributed by atoms with E-state index in [0.29, 0.717) is 11.7 Å². The van der Waals surface area contributed by atoms with Crippen molar-refractivity contribution in [2.45, 2.75) is 19.5 Å². The highest BCUT2D eigenvalue weighted by Crippen LogP contribution is 2.13. The summed E-state index contributed by atoms with van der Waals surface area (Å²) in [6.45, 7) is 1.98. The van der Waals surface area contributed by atoms with Crippen molar-refractivity contribution in [1.82, 2.24) is 15.0 Å². The minimum absolute atomic E-state index is 0.186. The third-order valence-corrected chi connectivity index (χ3v) is 2.75. The Bertz CT molecular complexity index is 553. The van der Waals surface area contributed by atoms with Crippen molar-refractivity contribution in [3.8, 4) is 0 Å². The van der Waals surface area contributed by atoms with Gasteiger partial charge in [-0.15, -0.1) is 0 Å². The molecule has 0 spiro atoms. The molecule has 1 aromatic carbocycles. The molecule has 2 N–H and O–H groups in total. The largest absolute Gasteiger partial charge is 0.340 e. The fourth-order valence-corrected chi connectivity index (χ4v) is 1.74. The van der Waals surface area contributed by atoms with Gasteiger partial charge in [0.1, 0.15) is 6.04 Å². The number of nitrogens with two attached hydrogens (primary N) is 1. The zero-order valence-corrected chi connectivity index (χ0v) is 10.9. The predicted octanol–water partition coefficient (Wildman–Crippen LogP) is 1.04. The Morgan fingerprint density at radius 2 is 2.11 bits per heavy atom. The molecule has 0 saturated carbocycles. The third-order valence-electron chi connectivity index (χ3n) is 2.75. The molecular weight excluding hydrogens is 244 g/mol. The zero-order valence-electron chi connectivity index (χ0n) is 10.9. The van der Waals surface area contributed by atoms with Gasteiger partial charge in [-0.3, -0.25) is 4.79 Å². The van der Waals surface area contributed by atoms with E-state index in [1.165, 1.54) is 4.90 Å². The van der Waals surface area contributed by atoms with Gasteiger partial charge in [-0.1, -0.05) is 35.5 Å². The van der Waals surface area contributed by atoms with Gasteiger partial charge in [-0.25, -0.2) is 0 Å². The van der Waals surface area contributed by atoms with Crippen LogP contribution in [0.1, 0.15) is 23.3 Å². The van der Waals surface area contributed by atoms with Gasteiger partial charge in [0.15, 0.2) is 5.82 Å². The van der Waals surface area contributed by atoms with E-state index in [-0.39, 0.29) is 12.5 Å². The molecule has 0 aliphatic heterocycles. The molecule has 0 bridgehead atoms. The molecule has 0 radical (unpaired) electrons. The van der Waals surface area contributed by atoms with Crippen molar-refractivity contribution in [3.05, 3.63) is 47.6 Å². The van der Waals surface area contributed by atoms with Crippen LogP contribution in [-0.4, -0.2) is 28.0 Å². The van der Waals surface area contributed by atoms with Crippen molar-refractivity contribution in [2.75, 3.05) is 7.05 Å². The number of amides is 1. The number of aryl methyl sites for hydroxylation is 1. The smallest absolute Gasteiger partial charge is 0.244 e. The lowest BCUT2D eigenvalue weighted by molar-refractivity contribution is -0.132. The van der Waals surface area contributed by atoms with E-state index in [4.69, 9.17) is 10.3 Å². The van der Waals surface area contributed by atoms with Crippen LogP contribution in [0, 0.1) is 6.92 Å². The Hall–Kier alpha value is -2.21. The van der Waals surface area contributed by atoms with E-state index in [0.717, 1.165) is 5.56 Å². The highest BCUT2D eigenvalue weighted by molar-refractivity contribution is 5.82. The first-order valence-corrected chi connectivity index (χ1v) is 5.92. The molecular formula is C13H16N4O2. The van der Waals surface area contributed by atoms with Crippen molar-refractivity contribution in [1.29, 1.82) is 0 Å². The van der Waals surface area contributed by atoms with Crippen molar-refractivity contribution < 1.29 is 9.32 Å². The summed E-state index contributed by atoms with van der Waals surface area (Å²) in [5.41, 5.74) is 6.72. The summed E-state index contributed by atoms with van der Waals surface area (Å²) >= 11 is 0. The first-order valence-electron chi connectivity index (χ1n) is 5.92. The number of aromatic nitrogens is 2. The van der Waals surface area contributed by atoms with E-state index in [9.17, 15) is 4.79 Å². The van der Waals surface area contributed by atoms with Crippen LogP contribution >= 0.6 is 0 Å². The van der Waals surface area contributed by atoms with E-state index in [2.05, 4.69) is 10.1 Å². The maximum atomic E-state index is 12.2. The van der Waals surface area contributed by atoms with Gasteiger partial charge >= 0.3 is 0 Å². The molecule has 0 aliphatic rings. The van der Waals surface area contributed by atoms with Gasteiger partial charge in [-0.05, 0) is 5.56 Å². The maximum absolute atomic E-state index is 12.2. The van der Waals surface area contributed by atoms with Gasteiger partial charge < -0.3 is 15.2 Å². The molecule has 1 aromatic heterocycles. The van der Waals surface area contributed by atoms with Crippen molar-refractivity contribution >= 4 is 5.91 Å². The number of likely N-dealkylation sites (N-methyl/N-ethyl adjacent to an activating group) is 1. The lowest BCUT2D eigenvalue weighted by Crippen LogP contribution is -2.35. The summed E-state index contributed by atoms with van der Waals surface area (Å²) in [7, 11) is 1.66. The summed E-state index contributed by atoms with van der Waals surface area (Å²) in [6, 6.07) is 8.56. The molecule has 2 aromatic rings. The first-order chi connectivity index (χ1) is 9.08. The van der Waals surface area contributed by atoms with Gasteiger partial charge in [0.2, 0.25) is 11.8 Å². The predicted molar refractivity (Wildman–Crippen MR) is 68.9 cm³/mol. The van der Waals surface area contributed by atoms with Crippen LogP contribution in [0.2, 0.25) is 0 Å². The van der Waals surface area contributed by atoms with Crippen molar-refractivity contribution in [3.63, 3.8) is 0 Å². The Balaban J connectivity index is 2.03. The van der Waals surface area contributed by atoms with Gasteiger partial charge in [0, 0.05) is 14.0 Å². The second kappa shape index (κ2) is 5.62. The monoisotopic (exact) mass is 260 g/mol. The lowest BCUT2D eigenvalue weighted by Gasteiger charge is -2.20. The molecule has 1 unspecified atom stereocenters. The molecule has 6 heteroatoms. The molecule has 100 valence electrons. The fraction of sp³-hybridized carbons (Fsp3) is 0.308.